The minimum atomic E-state index is 0.209. The third kappa shape index (κ3) is 5.38. The first kappa shape index (κ1) is 14.5. The van der Waals surface area contributed by atoms with E-state index in [1.165, 1.54) is 6.21 Å². The Morgan fingerprint density at radius 2 is 2.12 bits per heavy atom. The van der Waals surface area contributed by atoms with E-state index in [2.05, 4.69) is 5.32 Å². The fourth-order valence-corrected chi connectivity index (χ4v) is 1.06. The molecule has 0 aromatic carbocycles. The van der Waals surface area contributed by atoms with Gasteiger partial charge >= 0.3 is 0 Å². The van der Waals surface area contributed by atoms with Crippen molar-refractivity contribution in [1.82, 2.24) is 10.2 Å². The van der Waals surface area contributed by atoms with Gasteiger partial charge in [0.15, 0.2) is 0 Å². The largest absolute Gasteiger partial charge is 0.477 e. The highest BCUT2D eigenvalue weighted by atomic mass is 16.5. The fourth-order valence-electron chi connectivity index (χ4n) is 1.06. The summed E-state index contributed by atoms with van der Waals surface area (Å²) in [4.78, 5) is 12.0. The molecule has 0 heterocycles. The standard InChI is InChI=1S/C11H21N3O2/c1-9(2)13-11(16-7-5-6-15)10(8-12)14(3)4/h6,8-9,12-13H,5,7H2,1-4H3/b11-10-,12-8?. The maximum absolute atomic E-state index is 10.2. The zero-order valence-corrected chi connectivity index (χ0v) is 10.4. The van der Waals surface area contributed by atoms with E-state index in [0.29, 0.717) is 24.6 Å². The normalized spacial score (nSPS) is 11.8. The first-order valence-electron chi connectivity index (χ1n) is 5.28. The zero-order valence-electron chi connectivity index (χ0n) is 10.4. The lowest BCUT2D eigenvalue weighted by molar-refractivity contribution is -0.108. The van der Waals surface area contributed by atoms with Crippen LogP contribution in [-0.4, -0.2) is 44.1 Å². The molecule has 0 aliphatic carbocycles. The van der Waals surface area contributed by atoms with E-state index in [0.717, 1.165) is 6.29 Å². The molecule has 0 aromatic rings. The number of allylic oxidation sites excluding steroid dienone is 1. The van der Waals surface area contributed by atoms with Crippen LogP contribution in [0.2, 0.25) is 0 Å². The van der Waals surface area contributed by atoms with Gasteiger partial charge in [0.25, 0.3) is 0 Å². The van der Waals surface area contributed by atoms with Gasteiger partial charge in [-0.3, -0.25) is 0 Å². The van der Waals surface area contributed by atoms with Crippen molar-refractivity contribution in [2.45, 2.75) is 26.3 Å². The molecule has 0 saturated carbocycles. The number of nitrogens with zero attached hydrogens (tertiary/aromatic N) is 1. The molecule has 0 atom stereocenters. The summed E-state index contributed by atoms with van der Waals surface area (Å²) in [5.74, 6) is 0.539. The molecule has 0 aromatic heterocycles. The molecule has 0 bridgehead atoms. The number of aldehydes is 1. The van der Waals surface area contributed by atoms with Crippen molar-refractivity contribution in [2.75, 3.05) is 20.7 Å². The molecule has 2 N–H and O–H groups in total. The van der Waals surface area contributed by atoms with Crippen molar-refractivity contribution in [3.63, 3.8) is 0 Å². The molecule has 0 fully saturated rings. The molecule has 5 nitrogen and oxygen atoms in total. The minimum absolute atomic E-state index is 0.209. The summed E-state index contributed by atoms with van der Waals surface area (Å²) in [6.07, 6.45) is 2.39. The van der Waals surface area contributed by atoms with Gasteiger partial charge < -0.3 is 25.2 Å². The van der Waals surface area contributed by atoms with Crippen molar-refractivity contribution in [3.05, 3.63) is 11.6 Å². The molecule has 0 spiro atoms. The van der Waals surface area contributed by atoms with Crippen LogP contribution in [0.25, 0.3) is 0 Å². The first-order valence-corrected chi connectivity index (χ1v) is 5.28. The lowest BCUT2D eigenvalue weighted by atomic mass is 10.3. The Morgan fingerprint density at radius 3 is 2.50 bits per heavy atom. The van der Waals surface area contributed by atoms with E-state index in [-0.39, 0.29) is 6.04 Å². The third-order valence-electron chi connectivity index (χ3n) is 1.75. The van der Waals surface area contributed by atoms with Crippen LogP contribution in [0.4, 0.5) is 0 Å². The Hall–Kier alpha value is -1.52. The molecule has 0 saturated heterocycles. The zero-order chi connectivity index (χ0) is 12.6. The second-order valence-electron chi connectivity index (χ2n) is 3.86. The molecule has 0 radical (unpaired) electrons. The molecule has 0 unspecified atom stereocenters. The number of ether oxygens (including phenoxy) is 1. The number of carbonyl (C=O) groups excluding carboxylic acids is 1. The van der Waals surface area contributed by atoms with Crippen LogP contribution in [0, 0.1) is 5.41 Å². The SMILES string of the molecule is CC(C)N/C(OCCC=O)=C(\C=N)N(C)C. The Kier molecular flexibility index (Phi) is 7.00. The van der Waals surface area contributed by atoms with Crippen molar-refractivity contribution < 1.29 is 9.53 Å². The summed E-state index contributed by atoms with van der Waals surface area (Å²) in [5.41, 5.74) is 0.652. The molecular weight excluding hydrogens is 206 g/mol. The number of hydrogen-bond acceptors (Lipinski definition) is 5. The maximum atomic E-state index is 10.2. The van der Waals surface area contributed by atoms with Gasteiger partial charge in [-0.1, -0.05) is 0 Å². The van der Waals surface area contributed by atoms with Crippen LogP contribution < -0.4 is 5.32 Å². The van der Waals surface area contributed by atoms with Crippen LogP contribution in [0.15, 0.2) is 11.6 Å². The fraction of sp³-hybridized carbons (Fsp3) is 0.636. The van der Waals surface area contributed by atoms with Gasteiger partial charge in [-0.25, -0.2) is 0 Å². The molecule has 0 aliphatic rings. The quantitative estimate of drug-likeness (QED) is 0.281. The summed E-state index contributed by atoms with van der Waals surface area (Å²) >= 11 is 0. The van der Waals surface area contributed by atoms with Crippen LogP contribution >= 0.6 is 0 Å². The summed E-state index contributed by atoms with van der Waals surface area (Å²) in [6, 6.07) is 0.209. The van der Waals surface area contributed by atoms with Gasteiger partial charge in [-0.2, -0.15) is 0 Å². The van der Waals surface area contributed by atoms with E-state index >= 15 is 0 Å². The predicted molar refractivity (Wildman–Crippen MR) is 64.4 cm³/mol. The van der Waals surface area contributed by atoms with Gasteiger partial charge in [-0.05, 0) is 13.8 Å². The number of nitrogens with one attached hydrogen (secondary N) is 2. The Bertz CT molecular complexity index is 260. The molecule has 5 heteroatoms. The number of carbonyl (C=O) groups is 1. The van der Waals surface area contributed by atoms with E-state index < -0.39 is 0 Å². The van der Waals surface area contributed by atoms with Crippen LogP contribution in [-0.2, 0) is 9.53 Å². The highest BCUT2D eigenvalue weighted by molar-refractivity contribution is 5.75. The predicted octanol–water partition coefficient (Wildman–Crippen LogP) is 0.970. The summed E-state index contributed by atoms with van der Waals surface area (Å²) in [5, 5.41) is 10.5. The van der Waals surface area contributed by atoms with Crippen molar-refractivity contribution in [1.29, 1.82) is 5.41 Å². The van der Waals surface area contributed by atoms with Crippen LogP contribution in [0.5, 0.6) is 0 Å². The van der Waals surface area contributed by atoms with Gasteiger partial charge in [0.05, 0.1) is 6.61 Å². The molecule has 0 amide bonds. The van der Waals surface area contributed by atoms with E-state index in [4.69, 9.17) is 10.1 Å². The molecule has 0 aliphatic heterocycles. The first-order chi connectivity index (χ1) is 7.52. The van der Waals surface area contributed by atoms with Crippen molar-refractivity contribution in [3.8, 4) is 0 Å². The molecular formula is C11H21N3O2. The van der Waals surface area contributed by atoms with Gasteiger partial charge in [0, 0.05) is 32.8 Å². The summed E-state index contributed by atoms with van der Waals surface area (Å²) < 4.78 is 5.45. The summed E-state index contributed by atoms with van der Waals surface area (Å²) in [7, 11) is 3.68. The van der Waals surface area contributed by atoms with Crippen molar-refractivity contribution in [2.24, 2.45) is 0 Å². The molecule has 16 heavy (non-hydrogen) atoms. The van der Waals surface area contributed by atoms with Crippen LogP contribution in [0.1, 0.15) is 20.3 Å². The lowest BCUT2D eigenvalue weighted by Crippen LogP contribution is -2.29. The van der Waals surface area contributed by atoms with Gasteiger partial charge in [0.2, 0.25) is 5.88 Å². The van der Waals surface area contributed by atoms with Crippen LogP contribution in [0.3, 0.4) is 0 Å². The Morgan fingerprint density at radius 1 is 1.50 bits per heavy atom. The second kappa shape index (κ2) is 7.73. The molecule has 92 valence electrons. The van der Waals surface area contributed by atoms with E-state index in [9.17, 15) is 4.79 Å². The average molecular weight is 227 g/mol. The van der Waals surface area contributed by atoms with E-state index in [1.807, 2.05) is 27.9 Å². The Labute approximate surface area is 97.0 Å². The molecule has 0 rings (SSSR count). The number of rotatable bonds is 8. The van der Waals surface area contributed by atoms with Gasteiger partial charge in [-0.15, -0.1) is 0 Å². The minimum Gasteiger partial charge on any atom is -0.477 e. The topological polar surface area (TPSA) is 65.4 Å². The second-order valence-corrected chi connectivity index (χ2v) is 3.86. The third-order valence-corrected chi connectivity index (χ3v) is 1.75. The smallest absolute Gasteiger partial charge is 0.212 e. The highest BCUT2D eigenvalue weighted by Gasteiger charge is 2.09. The maximum Gasteiger partial charge on any atom is 0.212 e. The number of hydrogen-bond donors (Lipinski definition) is 2. The highest BCUT2D eigenvalue weighted by Crippen LogP contribution is 2.05. The lowest BCUT2D eigenvalue weighted by Gasteiger charge is -2.21. The summed E-state index contributed by atoms with van der Waals surface area (Å²) in [6.45, 7) is 4.30. The Balaban J connectivity index is 4.72. The van der Waals surface area contributed by atoms with Crippen molar-refractivity contribution >= 4 is 12.5 Å². The van der Waals surface area contributed by atoms with E-state index in [1.54, 1.807) is 4.90 Å². The monoisotopic (exact) mass is 227 g/mol. The van der Waals surface area contributed by atoms with Gasteiger partial charge in [0.1, 0.15) is 12.0 Å². The average Bonchev–Trinajstić information content (AvgIpc) is 2.17.